The first-order valence-corrected chi connectivity index (χ1v) is 9.28. The molecule has 3 aromatic rings. The Bertz CT molecular complexity index is 1080. The Labute approximate surface area is 168 Å². The molecule has 3 rings (SSSR count). The summed E-state index contributed by atoms with van der Waals surface area (Å²) in [5, 5.41) is 0. The fourth-order valence-corrected chi connectivity index (χ4v) is 2.78. The topological polar surface area (TPSA) is 83.6 Å². The molecule has 7 nitrogen and oxygen atoms in total. The van der Waals surface area contributed by atoms with Crippen molar-refractivity contribution in [2.75, 3.05) is 13.2 Å². The van der Waals surface area contributed by atoms with Crippen molar-refractivity contribution >= 4 is 18.1 Å². The van der Waals surface area contributed by atoms with Crippen LogP contribution < -0.4 is 10.3 Å². The van der Waals surface area contributed by atoms with Crippen LogP contribution in [0.3, 0.4) is 0 Å². The third kappa shape index (κ3) is 4.29. The van der Waals surface area contributed by atoms with Gasteiger partial charge in [-0.3, -0.25) is 9.36 Å². The lowest BCUT2D eigenvalue weighted by Crippen LogP contribution is -2.26. The zero-order chi connectivity index (χ0) is 20.8. The summed E-state index contributed by atoms with van der Waals surface area (Å²) in [5.74, 6) is -0.280. The molecule has 0 aliphatic rings. The maximum Gasteiger partial charge on any atom is 0.361 e. The molecule has 29 heavy (non-hydrogen) atoms. The summed E-state index contributed by atoms with van der Waals surface area (Å²) >= 11 is 0. The highest BCUT2D eigenvalue weighted by atomic mass is 16.5. The van der Waals surface area contributed by atoms with E-state index in [1.54, 1.807) is 27.0 Å². The second kappa shape index (κ2) is 9.05. The van der Waals surface area contributed by atoms with Crippen molar-refractivity contribution in [1.29, 1.82) is 0 Å². The van der Waals surface area contributed by atoms with Crippen LogP contribution in [-0.4, -0.2) is 28.7 Å². The molecule has 0 aliphatic heterocycles. The molecule has 1 aromatic carbocycles. The molecule has 0 saturated carbocycles. The highest BCUT2D eigenvalue weighted by Gasteiger charge is 2.25. The lowest BCUT2D eigenvalue weighted by Gasteiger charge is -2.13. The molecule has 0 saturated heterocycles. The number of carbonyl (C=O) groups excluding carboxylic acids is 1. The molecule has 2 heterocycles. The highest BCUT2D eigenvalue weighted by Crippen LogP contribution is 2.26. The summed E-state index contributed by atoms with van der Waals surface area (Å²) in [5.41, 5.74) is 1.08. The first-order chi connectivity index (χ1) is 14.1. The lowest BCUT2D eigenvalue weighted by molar-refractivity contribution is 0.0513. The van der Waals surface area contributed by atoms with E-state index in [0.717, 1.165) is 11.1 Å². The average Bonchev–Trinajstić information content (AvgIpc) is 3.19. The SMILES string of the molecule is CCOC(=O)c1nc(-c2occc2C=Cc2ccccc2)n(C)c(=O)c1OCC. The van der Waals surface area contributed by atoms with Gasteiger partial charge in [0.05, 0.1) is 19.5 Å². The minimum absolute atomic E-state index is 0.134. The lowest BCUT2D eigenvalue weighted by atomic mass is 10.1. The standard InChI is InChI=1S/C22H22N2O5/c1-4-27-19-17(22(26)28-5-2)23-20(24(3)21(19)25)18-16(13-14-29-18)12-11-15-9-7-6-8-10-15/h6-14H,4-5H2,1-3H3. The Hall–Kier alpha value is -3.61. The molecule has 7 heteroatoms. The van der Waals surface area contributed by atoms with Gasteiger partial charge in [-0.1, -0.05) is 42.5 Å². The summed E-state index contributed by atoms with van der Waals surface area (Å²) in [4.78, 5) is 29.6. The van der Waals surface area contributed by atoms with E-state index in [9.17, 15) is 9.59 Å². The number of nitrogens with zero attached hydrogens (tertiary/aromatic N) is 2. The number of aromatic nitrogens is 2. The zero-order valence-corrected chi connectivity index (χ0v) is 16.5. The number of furan rings is 1. The molecule has 0 atom stereocenters. The van der Waals surface area contributed by atoms with E-state index >= 15 is 0 Å². The van der Waals surface area contributed by atoms with Crippen LogP contribution in [0.1, 0.15) is 35.5 Å². The van der Waals surface area contributed by atoms with Crippen LogP contribution in [0.25, 0.3) is 23.7 Å². The van der Waals surface area contributed by atoms with Gasteiger partial charge in [-0.05, 0) is 25.5 Å². The first-order valence-electron chi connectivity index (χ1n) is 9.28. The van der Waals surface area contributed by atoms with E-state index in [-0.39, 0.29) is 30.5 Å². The smallest absolute Gasteiger partial charge is 0.361 e. The van der Waals surface area contributed by atoms with Crippen molar-refractivity contribution in [3.63, 3.8) is 0 Å². The van der Waals surface area contributed by atoms with Crippen LogP contribution in [0, 0.1) is 0 Å². The van der Waals surface area contributed by atoms with Gasteiger partial charge in [-0.25, -0.2) is 9.78 Å². The van der Waals surface area contributed by atoms with Crippen molar-refractivity contribution in [3.8, 4) is 17.3 Å². The Kier molecular flexibility index (Phi) is 6.29. The minimum atomic E-state index is -0.720. The maximum absolute atomic E-state index is 12.8. The van der Waals surface area contributed by atoms with E-state index in [0.29, 0.717) is 5.76 Å². The highest BCUT2D eigenvalue weighted by molar-refractivity contribution is 5.91. The number of esters is 1. The Balaban J connectivity index is 2.10. The van der Waals surface area contributed by atoms with Crippen LogP contribution in [-0.2, 0) is 11.8 Å². The molecule has 0 fully saturated rings. The normalized spacial score (nSPS) is 11.0. The summed E-state index contributed by atoms with van der Waals surface area (Å²) < 4.78 is 17.3. The van der Waals surface area contributed by atoms with Crippen molar-refractivity contribution < 1.29 is 18.7 Å². The Morgan fingerprint density at radius 3 is 2.59 bits per heavy atom. The minimum Gasteiger partial charge on any atom is -0.486 e. The van der Waals surface area contributed by atoms with Crippen LogP contribution in [0.2, 0.25) is 0 Å². The molecule has 0 aliphatic carbocycles. The van der Waals surface area contributed by atoms with Crippen molar-refractivity contribution in [1.82, 2.24) is 9.55 Å². The van der Waals surface area contributed by atoms with Crippen LogP contribution in [0.4, 0.5) is 0 Å². The number of hydrogen-bond donors (Lipinski definition) is 0. The predicted molar refractivity (Wildman–Crippen MR) is 110 cm³/mol. The van der Waals surface area contributed by atoms with Gasteiger partial charge in [0.15, 0.2) is 17.3 Å². The van der Waals surface area contributed by atoms with Gasteiger partial charge in [-0.15, -0.1) is 0 Å². The predicted octanol–water partition coefficient (Wildman–Crippen LogP) is 3.79. The molecule has 0 spiro atoms. The van der Waals surface area contributed by atoms with Crippen LogP contribution in [0.15, 0.2) is 51.9 Å². The van der Waals surface area contributed by atoms with Gasteiger partial charge < -0.3 is 13.9 Å². The molecule has 150 valence electrons. The molecule has 0 amide bonds. The second-order valence-electron chi connectivity index (χ2n) is 6.08. The van der Waals surface area contributed by atoms with Gasteiger partial charge >= 0.3 is 5.97 Å². The summed E-state index contributed by atoms with van der Waals surface area (Å²) in [6.45, 7) is 3.78. The Morgan fingerprint density at radius 2 is 1.90 bits per heavy atom. The number of ether oxygens (including phenoxy) is 2. The molecule has 0 unspecified atom stereocenters. The number of rotatable bonds is 7. The molecule has 2 aromatic heterocycles. The first kappa shape index (κ1) is 20.1. The summed E-state index contributed by atoms with van der Waals surface area (Å²) in [6.07, 6.45) is 5.29. The van der Waals surface area contributed by atoms with E-state index < -0.39 is 11.5 Å². The third-order valence-electron chi connectivity index (χ3n) is 4.16. The fourth-order valence-electron chi connectivity index (χ4n) is 2.78. The molecule has 0 N–H and O–H groups in total. The maximum atomic E-state index is 12.8. The molecule has 0 radical (unpaired) electrons. The van der Waals surface area contributed by atoms with E-state index in [4.69, 9.17) is 13.9 Å². The van der Waals surface area contributed by atoms with Gasteiger partial charge in [0.25, 0.3) is 5.56 Å². The molecular formula is C22H22N2O5. The van der Waals surface area contributed by atoms with Crippen molar-refractivity contribution in [2.24, 2.45) is 7.05 Å². The van der Waals surface area contributed by atoms with Crippen molar-refractivity contribution in [2.45, 2.75) is 13.8 Å². The largest absolute Gasteiger partial charge is 0.486 e. The van der Waals surface area contributed by atoms with E-state index in [1.165, 1.54) is 10.8 Å². The van der Waals surface area contributed by atoms with Gasteiger partial charge in [0.2, 0.25) is 5.75 Å². The van der Waals surface area contributed by atoms with E-state index in [1.807, 2.05) is 42.5 Å². The monoisotopic (exact) mass is 394 g/mol. The fraction of sp³-hybridized carbons (Fsp3) is 0.227. The van der Waals surface area contributed by atoms with E-state index in [2.05, 4.69) is 4.98 Å². The van der Waals surface area contributed by atoms with Crippen molar-refractivity contribution in [3.05, 3.63) is 69.8 Å². The van der Waals surface area contributed by atoms with Crippen LogP contribution in [0.5, 0.6) is 5.75 Å². The zero-order valence-electron chi connectivity index (χ0n) is 16.5. The second-order valence-corrected chi connectivity index (χ2v) is 6.08. The van der Waals surface area contributed by atoms with Gasteiger partial charge in [0.1, 0.15) is 0 Å². The Morgan fingerprint density at radius 1 is 1.14 bits per heavy atom. The number of benzene rings is 1. The molecular weight excluding hydrogens is 372 g/mol. The number of carbonyl (C=O) groups is 1. The average molecular weight is 394 g/mol. The van der Waals surface area contributed by atoms with Gasteiger partial charge in [-0.2, -0.15) is 0 Å². The summed E-state index contributed by atoms with van der Waals surface area (Å²) in [7, 11) is 1.55. The summed E-state index contributed by atoms with van der Waals surface area (Å²) in [6, 6.07) is 11.5. The van der Waals surface area contributed by atoms with Gasteiger partial charge in [0, 0.05) is 12.6 Å². The number of hydrogen-bond acceptors (Lipinski definition) is 6. The van der Waals surface area contributed by atoms with Crippen LogP contribution >= 0.6 is 0 Å². The molecule has 0 bridgehead atoms. The third-order valence-corrected chi connectivity index (χ3v) is 4.16. The quantitative estimate of drug-likeness (QED) is 0.567.